The van der Waals surface area contributed by atoms with Crippen LogP contribution in [0.15, 0.2) is 52.3 Å². The number of aromatic nitrogens is 4. The Morgan fingerprint density at radius 3 is 2.51 bits per heavy atom. The van der Waals surface area contributed by atoms with Crippen LogP contribution in [-0.4, -0.2) is 74.3 Å². The number of alkyl carbamates (subject to hydrolysis) is 1. The second-order valence-electron chi connectivity index (χ2n) is 13.3. The number of likely N-dealkylation sites (tertiary alicyclic amines) is 1. The highest BCUT2D eigenvalue weighted by atomic mass is 32.2. The van der Waals surface area contributed by atoms with E-state index in [1.54, 1.807) is 44.2 Å². The first-order chi connectivity index (χ1) is 22.0. The van der Waals surface area contributed by atoms with E-state index in [1.165, 1.54) is 0 Å². The van der Waals surface area contributed by atoms with Crippen molar-refractivity contribution in [3.8, 4) is 11.6 Å². The summed E-state index contributed by atoms with van der Waals surface area (Å²) in [5.74, 6) is 9.12. The Balaban J connectivity index is 1.54. The lowest BCUT2D eigenvalue weighted by Crippen LogP contribution is -2.47. The number of hydrogen-bond acceptors (Lipinski definition) is 10. The Labute approximate surface area is 281 Å². The van der Waals surface area contributed by atoms with Crippen LogP contribution in [0.2, 0.25) is 0 Å². The van der Waals surface area contributed by atoms with Crippen molar-refractivity contribution in [2.75, 3.05) is 24.2 Å². The number of nitrogens with zero attached hydrogens (tertiary/aromatic N) is 6. The van der Waals surface area contributed by atoms with Gasteiger partial charge in [0.2, 0.25) is 5.89 Å². The Kier molecular flexibility index (Phi) is 9.52. The number of pyridine rings is 1. The topological polar surface area (TPSA) is 127 Å². The second-order valence-corrected chi connectivity index (χ2v) is 17.2. The summed E-state index contributed by atoms with van der Waals surface area (Å²) in [7, 11) is 0.116. The molecule has 1 aromatic carbocycles. The van der Waals surface area contributed by atoms with E-state index in [-0.39, 0.29) is 23.7 Å². The van der Waals surface area contributed by atoms with E-state index in [4.69, 9.17) is 14.1 Å². The maximum atomic E-state index is 14.2. The lowest BCUT2D eigenvalue weighted by molar-refractivity contribution is 0.0443. The molecule has 4 heterocycles. The largest absolute Gasteiger partial charge is 0.444 e. The molecule has 1 aliphatic heterocycles. The third kappa shape index (κ3) is 8.02. The molecule has 2 unspecified atom stereocenters. The number of thiazole rings is 1. The molecule has 0 bridgehead atoms. The Bertz CT molecular complexity index is 1860. The Hall–Kier alpha value is -4.23. The van der Waals surface area contributed by atoms with Gasteiger partial charge in [0.05, 0.1) is 6.04 Å². The molecule has 3 aromatic heterocycles. The summed E-state index contributed by atoms with van der Waals surface area (Å²) in [6.45, 7) is 9.79. The summed E-state index contributed by atoms with van der Waals surface area (Å²) < 4.78 is 13.7. The fourth-order valence-electron chi connectivity index (χ4n) is 5.35. The predicted octanol–water partition coefficient (Wildman–Crippen LogP) is 6.51. The van der Waals surface area contributed by atoms with Gasteiger partial charge in [-0.15, -0.1) is 30.9 Å². The first kappa shape index (κ1) is 34.1. The minimum atomic E-state index is -1.74. The maximum absolute atomic E-state index is 14.2. The van der Waals surface area contributed by atoms with E-state index in [1.807, 2.05) is 72.1 Å². The predicted molar refractivity (Wildman–Crippen MR) is 190 cm³/mol. The van der Waals surface area contributed by atoms with Crippen LogP contribution in [0, 0.1) is 6.92 Å². The van der Waals surface area contributed by atoms with Gasteiger partial charge in [0.25, 0.3) is 11.8 Å². The standard InChI is InChI=1S/C34H43N7O4S2/c1-22-21-46-29(35-22)26-16-13-17-41(26)30(42)24-18-25(36-27(19-24)40(6)47(7,8)9)28-38-39-31(44-28)34(5,20-23-14-11-10-12-15-23)37-32(43)45-33(2,3)4/h10-12,14-15,18-19,21,26H,7-8,13,16-17,20H2,1-6,9H3,(H,37,43). The third-order valence-electron chi connectivity index (χ3n) is 7.77. The zero-order valence-corrected chi connectivity index (χ0v) is 29.7. The summed E-state index contributed by atoms with van der Waals surface area (Å²) in [6, 6.07) is 13.0. The molecular formula is C34H43N7O4S2. The van der Waals surface area contributed by atoms with Crippen LogP contribution in [-0.2, 0) is 16.7 Å². The van der Waals surface area contributed by atoms with Crippen LogP contribution in [0.4, 0.5) is 10.6 Å². The lowest BCUT2D eigenvalue weighted by Gasteiger charge is -2.29. The molecule has 0 spiro atoms. The van der Waals surface area contributed by atoms with Crippen molar-refractivity contribution < 1.29 is 18.7 Å². The molecule has 1 fully saturated rings. The summed E-state index contributed by atoms with van der Waals surface area (Å²) in [6.07, 6.45) is 3.41. The van der Waals surface area contributed by atoms with Crippen molar-refractivity contribution in [2.24, 2.45) is 0 Å². The minimum Gasteiger partial charge on any atom is -0.444 e. The average molecular weight is 678 g/mol. The van der Waals surface area contributed by atoms with Gasteiger partial charge in [0.1, 0.15) is 27.7 Å². The summed E-state index contributed by atoms with van der Waals surface area (Å²) >= 11 is 1.58. The number of anilines is 1. The Morgan fingerprint density at radius 2 is 1.87 bits per heavy atom. The van der Waals surface area contributed by atoms with Crippen LogP contribution >= 0.6 is 20.7 Å². The quantitative estimate of drug-likeness (QED) is 0.197. The van der Waals surface area contributed by atoms with Gasteiger partial charge in [0.15, 0.2) is 0 Å². The van der Waals surface area contributed by atoms with Gasteiger partial charge in [-0.05, 0) is 71.4 Å². The van der Waals surface area contributed by atoms with Crippen LogP contribution in [0.1, 0.15) is 79.1 Å². The van der Waals surface area contributed by atoms with Gasteiger partial charge < -0.3 is 23.7 Å². The van der Waals surface area contributed by atoms with E-state index in [0.717, 1.165) is 29.1 Å². The van der Waals surface area contributed by atoms with Crippen molar-refractivity contribution >= 4 is 50.3 Å². The van der Waals surface area contributed by atoms with Gasteiger partial charge in [-0.2, -0.15) is 0 Å². The molecule has 1 aliphatic rings. The van der Waals surface area contributed by atoms with Crippen LogP contribution in [0.3, 0.4) is 0 Å². The molecule has 11 nitrogen and oxygen atoms in total. The molecule has 13 heteroatoms. The number of amides is 2. The number of ether oxygens (including phenoxy) is 1. The highest BCUT2D eigenvalue weighted by Gasteiger charge is 2.37. The molecule has 0 aliphatic carbocycles. The normalized spacial score (nSPS) is 16.5. The van der Waals surface area contributed by atoms with E-state index in [2.05, 4.69) is 32.2 Å². The second kappa shape index (κ2) is 13.1. The van der Waals surface area contributed by atoms with E-state index in [9.17, 15) is 9.59 Å². The third-order valence-corrected chi connectivity index (χ3v) is 10.3. The maximum Gasteiger partial charge on any atom is 0.408 e. The van der Waals surface area contributed by atoms with Crippen molar-refractivity contribution in [1.82, 2.24) is 30.4 Å². The van der Waals surface area contributed by atoms with Gasteiger partial charge >= 0.3 is 6.09 Å². The fraction of sp³-hybridized carbons (Fsp3) is 0.412. The number of aryl methyl sites for hydroxylation is 1. The number of hydrogen-bond donors (Lipinski definition) is 1. The average Bonchev–Trinajstić information content (AvgIpc) is 3.76. The van der Waals surface area contributed by atoms with Crippen molar-refractivity contribution in [2.45, 2.75) is 71.1 Å². The summed E-state index contributed by atoms with van der Waals surface area (Å²) in [4.78, 5) is 38.5. The Morgan fingerprint density at radius 1 is 1.15 bits per heavy atom. The zero-order chi connectivity index (χ0) is 34.1. The van der Waals surface area contributed by atoms with Gasteiger partial charge in [-0.3, -0.25) is 4.79 Å². The molecule has 2 amide bonds. The molecule has 5 rings (SSSR count). The van der Waals surface area contributed by atoms with Gasteiger partial charge in [-0.25, -0.2) is 14.8 Å². The number of benzene rings is 1. The van der Waals surface area contributed by atoms with Gasteiger partial charge in [-0.1, -0.05) is 42.1 Å². The molecule has 2 atom stereocenters. The molecule has 0 saturated carbocycles. The molecule has 1 saturated heterocycles. The fourth-order valence-corrected chi connectivity index (χ4v) is 6.84. The lowest BCUT2D eigenvalue weighted by atomic mass is 9.92. The summed E-state index contributed by atoms with van der Waals surface area (Å²) in [5, 5.41) is 14.6. The molecule has 4 aromatic rings. The highest BCUT2D eigenvalue weighted by molar-refractivity contribution is 8.28. The minimum absolute atomic E-state index is 0.0943. The summed E-state index contributed by atoms with van der Waals surface area (Å²) in [5.41, 5.74) is 0.812. The van der Waals surface area contributed by atoms with Crippen LogP contribution < -0.4 is 9.62 Å². The number of carbonyl (C=O) groups excluding carboxylic acids is 2. The molecule has 0 radical (unpaired) electrons. The number of nitrogens with one attached hydrogen (secondary N) is 1. The monoisotopic (exact) mass is 677 g/mol. The molecular weight excluding hydrogens is 635 g/mol. The molecule has 1 N–H and O–H groups in total. The smallest absolute Gasteiger partial charge is 0.408 e. The van der Waals surface area contributed by atoms with Crippen LogP contribution in [0.5, 0.6) is 0 Å². The van der Waals surface area contributed by atoms with Crippen molar-refractivity contribution in [3.63, 3.8) is 0 Å². The molecule has 47 heavy (non-hydrogen) atoms. The van der Waals surface area contributed by atoms with Gasteiger partial charge in [0, 0.05) is 36.7 Å². The first-order valence-corrected chi connectivity index (χ1v) is 18.6. The number of rotatable bonds is 9. The highest BCUT2D eigenvalue weighted by Crippen LogP contribution is 2.37. The zero-order valence-electron chi connectivity index (χ0n) is 28.1. The molecule has 250 valence electrons. The SMILES string of the molecule is C=S(=C)(C)N(C)c1cc(C(=O)N2CCCC2c2nc(C)cs2)cc(-c2nnc(C(C)(Cc3ccccc3)NC(=O)OC(C)(C)C)o2)n1. The first-order valence-electron chi connectivity index (χ1n) is 15.4. The number of carbonyl (C=O) groups is 2. The van der Waals surface area contributed by atoms with Crippen LogP contribution in [0.25, 0.3) is 11.6 Å². The van der Waals surface area contributed by atoms with E-state index in [0.29, 0.717) is 30.0 Å². The van der Waals surface area contributed by atoms with E-state index >= 15 is 0 Å². The van der Waals surface area contributed by atoms with Crippen molar-refractivity contribution in [3.05, 3.63) is 75.6 Å². The van der Waals surface area contributed by atoms with E-state index < -0.39 is 26.6 Å². The van der Waals surface area contributed by atoms with Crippen molar-refractivity contribution in [1.29, 1.82) is 0 Å².